The van der Waals surface area contributed by atoms with Gasteiger partial charge >= 0.3 is 0 Å². The summed E-state index contributed by atoms with van der Waals surface area (Å²) in [5.74, 6) is -0.0204. The van der Waals surface area contributed by atoms with E-state index >= 15 is 0 Å². The zero-order chi connectivity index (χ0) is 15.7. The molecular weight excluding hydrogens is 309 g/mol. The van der Waals surface area contributed by atoms with E-state index in [2.05, 4.69) is 20.3 Å². The highest BCUT2D eigenvalue weighted by atomic mass is 35.5. The summed E-state index contributed by atoms with van der Waals surface area (Å²) in [5, 5.41) is 3.28. The molecule has 1 saturated heterocycles. The summed E-state index contributed by atoms with van der Waals surface area (Å²) in [4.78, 5) is 24.6. The van der Waals surface area contributed by atoms with Gasteiger partial charge in [-0.25, -0.2) is 9.37 Å². The average molecular weight is 324 g/mol. The van der Waals surface area contributed by atoms with Gasteiger partial charge in [0.1, 0.15) is 10.8 Å². The molecule has 3 heterocycles. The van der Waals surface area contributed by atoms with Crippen molar-refractivity contribution in [2.75, 3.05) is 24.5 Å². The van der Waals surface area contributed by atoms with Gasteiger partial charge in [0.25, 0.3) is 5.56 Å². The van der Waals surface area contributed by atoms with Gasteiger partial charge in [0.05, 0.1) is 11.8 Å². The average Bonchev–Trinajstić information content (AvgIpc) is 2.51. The number of hydrogen-bond acceptors (Lipinski definition) is 5. The van der Waals surface area contributed by atoms with Crippen LogP contribution in [0, 0.1) is 5.82 Å². The fraction of sp³-hybridized carbons (Fsp3) is 0.357. The lowest BCUT2D eigenvalue weighted by molar-refractivity contribution is 0.497. The largest absolute Gasteiger partial charge is 0.350 e. The Morgan fingerprint density at radius 3 is 3.05 bits per heavy atom. The van der Waals surface area contributed by atoms with Gasteiger partial charge in [-0.2, -0.15) is 0 Å². The fourth-order valence-corrected chi connectivity index (χ4v) is 2.69. The highest BCUT2D eigenvalue weighted by molar-refractivity contribution is 6.32. The molecule has 3 rings (SSSR count). The molecule has 6 nitrogen and oxygen atoms in total. The van der Waals surface area contributed by atoms with Crippen molar-refractivity contribution < 1.29 is 4.39 Å². The first-order chi connectivity index (χ1) is 10.6. The standard InChI is InChI=1S/C14H15ClFN5O/c1-8-6-18-4-5-21(8)13-11(15)14(22)20-12(19-13)9-2-3-17-7-10(9)16/h2-3,7-8,18H,4-6H2,1H3,(H,19,20,22). The van der Waals surface area contributed by atoms with Gasteiger partial charge in [-0.1, -0.05) is 11.6 Å². The molecule has 0 spiro atoms. The number of aromatic amines is 1. The molecule has 22 heavy (non-hydrogen) atoms. The molecule has 116 valence electrons. The van der Waals surface area contributed by atoms with E-state index in [1.807, 2.05) is 11.8 Å². The van der Waals surface area contributed by atoms with Gasteiger partial charge in [0.15, 0.2) is 11.6 Å². The summed E-state index contributed by atoms with van der Waals surface area (Å²) in [7, 11) is 0. The summed E-state index contributed by atoms with van der Waals surface area (Å²) in [5.41, 5.74) is -0.295. The van der Waals surface area contributed by atoms with Gasteiger partial charge in [0, 0.05) is 31.9 Å². The van der Waals surface area contributed by atoms with Gasteiger partial charge < -0.3 is 15.2 Å². The summed E-state index contributed by atoms with van der Waals surface area (Å²) in [6.45, 7) is 4.23. The second-order valence-electron chi connectivity index (χ2n) is 5.15. The van der Waals surface area contributed by atoms with Gasteiger partial charge in [-0.05, 0) is 13.0 Å². The highest BCUT2D eigenvalue weighted by Gasteiger charge is 2.24. The molecule has 1 aliphatic rings. The lowest BCUT2D eigenvalue weighted by Gasteiger charge is -2.35. The van der Waals surface area contributed by atoms with E-state index < -0.39 is 11.4 Å². The number of anilines is 1. The lowest BCUT2D eigenvalue weighted by atomic mass is 10.2. The van der Waals surface area contributed by atoms with Crippen LogP contribution in [0.15, 0.2) is 23.3 Å². The van der Waals surface area contributed by atoms with Crippen molar-refractivity contribution >= 4 is 17.4 Å². The van der Waals surface area contributed by atoms with Crippen molar-refractivity contribution in [3.05, 3.63) is 39.7 Å². The molecule has 0 radical (unpaired) electrons. The van der Waals surface area contributed by atoms with Crippen LogP contribution in [0.4, 0.5) is 10.2 Å². The Morgan fingerprint density at radius 2 is 2.32 bits per heavy atom. The first-order valence-electron chi connectivity index (χ1n) is 6.95. The third-order valence-electron chi connectivity index (χ3n) is 3.65. The molecule has 1 fully saturated rings. The number of aromatic nitrogens is 3. The highest BCUT2D eigenvalue weighted by Crippen LogP contribution is 2.26. The van der Waals surface area contributed by atoms with Crippen LogP contribution >= 0.6 is 11.6 Å². The Kier molecular flexibility index (Phi) is 4.08. The first-order valence-corrected chi connectivity index (χ1v) is 7.33. The van der Waals surface area contributed by atoms with Crippen molar-refractivity contribution in [3.8, 4) is 11.4 Å². The van der Waals surface area contributed by atoms with Gasteiger partial charge in [-0.3, -0.25) is 9.78 Å². The normalized spacial score (nSPS) is 18.5. The van der Waals surface area contributed by atoms with E-state index in [0.29, 0.717) is 12.4 Å². The maximum Gasteiger partial charge on any atom is 0.272 e. The summed E-state index contributed by atoms with van der Waals surface area (Å²) in [6, 6.07) is 1.60. The quantitative estimate of drug-likeness (QED) is 0.874. The monoisotopic (exact) mass is 323 g/mol. The molecule has 0 bridgehead atoms. The second-order valence-corrected chi connectivity index (χ2v) is 5.53. The maximum atomic E-state index is 13.9. The minimum Gasteiger partial charge on any atom is -0.350 e. The molecule has 2 aromatic rings. The fourth-order valence-electron chi connectivity index (χ4n) is 2.49. The Balaban J connectivity index is 2.11. The van der Waals surface area contributed by atoms with E-state index in [0.717, 1.165) is 19.3 Å². The van der Waals surface area contributed by atoms with Crippen molar-refractivity contribution in [2.24, 2.45) is 0 Å². The SMILES string of the molecule is CC1CNCCN1c1nc(-c2ccncc2F)[nH]c(=O)c1Cl. The Labute approximate surface area is 131 Å². The Bertz CT molecular complexity index is 750. The van der Waals surface area contributed by atoms with Crippen LogP contribution in [-0.4, -0.2) is 40.6 Å². The third kappa shape index (κ3) is 2.69. The Hall–Kier alpha value is -1.99. The number of H-pyrrole nitrogens is 1. The molecule has 0 aliphatic carbocycles. The molecule has 1 unspecified atom stereocenters. The van der Waals surface area contributed by atoms with E-state index in [1.165, 1.54) is 12.3 Å². The Morgan fingerprint density at radius 1 is 1.50 bits per heavy atom. The summed E-state index contributed by atoms with van der Waals surface area (Å²) in [6.07, 6.45) is 2.52. The van der Waals surface area contributed by atoms with Crippen molar-refractivity contribution in [3.63, 3.8) is 0 Å². The summed E-state index contributed by atoms with van der Waals surface area (Å²) >= 11 is 6.12. The van der Waals surface area contributed by atoms with Crippen LogP contribution < -0.4 is 15.8 Å². The molecule has 0 saturated carbocycles. The predicted molar refractivity (Wildman–Crippen MR) is 82.7 cm³/mol. The van der Waals surface area contributed by atoms with E-state index in [-0.39, 0.29) is 22.5 Å². The number of nitrogens with zero attached hydrogens (tertiary/aromatic N) is 3. The van der Waals surface area contributed by atoms with Crippen LogP contribution in [-0.2, 0) is 0 Å². The number of nitrogens with one attached hydrogen (secondary N) is 2. The number of hydrogen-bond donors (Lipinski definition) is 2. The van der Waals surface area contributed by atoms with Crippen LogP contribution in [0.5, 0.6) is 0 Å². The smallest absolute Gasteiger partial charge is 0.272 e. The zero-order valence-corrected chi connectivity index (χ0v) is 12.7. The van der Waals surface area contributed by atoms with Gasteiger partial charge in [0.2, 0.25) is 0 Å². The van der Waals surface area contributed by atoms with Gasteiger partial charge in [-0.15, -0.1) is 0 Å². The van der Waals surface area contributed by atoms with E-state index in [9.17, 15) is 9.18 Å². The number of pyridine rings is 1. The van der Waals surface area contributed by atoms with E-state index in [1.54, 1.807) is 0 Å². The molecule has 2 aromatic heterocycles. The van der Waals surface area contributed by atoms with Crippen LogP contribution in [0.1, 0.15) is 6.92 Å². The topological polar surface area (TPSA) is 73.9 Å². The third-order valence-corrected chi connectivity index (χ3v) is 3.99. The number of rotatable bonds is 2. The molecule has 0 amide bonds. The maximum absolute atomic E-state index is 13.9. The van der Waals surface area contributed by atoms with Crippen LogP contribution in [0.25, 0.3) is 11.4 Å². The molecule has 2 N–H and O–H groups in total. The minimum absolute atomic E-state index is 0.0203. The zero-order valence-electron chi connectivity index (χ0n) is 11.9. The molecule has 8 heteroatoms. The lowest BCUT2D eigenvalue weighted by Crippen LogP contribution is -2.50. The minimum atomic E-state index is -0.549. The van der Waals surface area contributed by atoms with Crippen LogP contribution in [0.2, 0.25) is 5.02 Å². The predicted octanol–water partition coefficient (Wildman–Crippen LogP) is 1.42. The molecular formula is C14H15ClFN5O. The number of halogens is 2. The summed E-state index contributed by atoms with van der Waals surface area (Å²) < 4.78 is 13.9. The molecule has 1 aliphatic heterocycles. The molecule has 1 atom stereocenters. The number of piperazine rings is 1. The van der Waals surface area contributed by atoms with E-state index in [4.69, 9.17) is 11.6 Å². The molecule has 0 aromatic carbocycles. The van der Waals surface area contributed by atoms with Crippen molar-refractivity contribution in [1.29, 1.82) is 0 Å². The van der Waals surface area contributed by atoms with Crippen molar-refractivity contribution in [2.45, 2.75) is 13.0 Å². The second kappa shape index (κ2) is 6.02. The van der Waals surface area contributed by atoms with Crippen molar-refractivity contribution in [1.82, 2.24) is 20.3 Å². The first kappa shape index (κ1) is 14.9. The van der Waals surface area contributed by atoms with Crippen LogP contribution in [0.3, 0.4) is 0 Å².